The predicted octanol–water partition coefficient (Wildman–Crippen LogP) is 1.86. The van der Waals surface area contributed by atoms with Crippen molar-refractivity contribution in [3.05, 3.63) is 46.2 Å². The van der Waals surface area contributed by atoms with E-state index in [1.165, 1.54) is 0 Å². The normalized spacial score (nSPS) is 10.6. The fourth-order valence-electron chi connectivity index (χ4n) is 1.90. The number of hydrogen-bond acceptors (Lipinski definition) is 3. The molecular weight excluding hydrogens is 278 g/mol. The predicted molar refractivity (Wildman–Crippen MR) is 77.5 cm³/mol. The molecule has 2 N–H and O–H groups in total. The minimum absolute atomic E-state index is 0.0753. The zero-order valence-electron chi connectivity index (χ0n) is 11.4. The van der Waals surface area contributed by atoms with Gasteiger partial charge in [0.1, 0.15) is 0 Å². The second kappa shape index (κ2) is 6.07. The Kier molecular flexibility index (Phi) is 4.42. The van der Waals surface area contributed by atoms with Crippen LogP contribution in [0.25, 0.3) is 5.69 Å². The molecule has 0 radical (unpaired) electrons. The molecule has 0 aliphatic heterocycles. The van der Waals surface area contributed by atoms with Gasteiger partial charge in [0.05, 0.1) is 28.7 Å². The number of nitrogens with zero attached hydrogens (tertiary/aromatic N) is 2. The number of aliphatic hydroxyl groups is 1. The first kappa shape index (κ1) is 14.6. The molecule has 0 aliphatic carbocycles. The van der Waals surface area contributed by atoms with Crippen molar-refractivity contribution in [2.45, 2.75) is 13.8 Å². The standard InChI is InChI=1S/C14H16ClN3O2/c1-9-13(15)10(2)18(17-9)12-5-3-11(4-6-12)14(20)16-7-8-19/h3-6,19H,7-8H2,1-2H3,(H,16,20). The highest BCUT2D eigenvalue weighted by atomic mass is 35.5. The van der Waals surface area contributed by atoms with Crippen molar-refractivity contribution in [3.8, 4) is 5.69 Å². The molecule has 6 heteroatoms. The highest BCUT2D eigenvalue weighted by Crippen LogP contribution is 2.22. The molecule has 5 nitrogen and oxygen atoms in total. The first-order valence-electron chi connectivity index (χ1n) is 6.26. The molecule has 2 rings (SSSR count). The number of aryl methyl sites for hydroxylation is 1. The number of carbonyl (C=O) groups excluding carboxylic acids is 1. The second-order valence-corrected chi connectivity index (χ2v) is 4.80. The molecule has 0 aliphatic rings. The lowest BCUT2D eigenvalue weighted by Gasteiger charge is -2.06. The number of carbonyl (C=O) groups is 1. The SMILES string of the molecule is Cc1nn(-c2ccc(C(=O)NCCO)cc2)c(C)c1Cl. The van der Waals surface area contributed by atoms with E-state index >= 15 is 0 Å². The van der Waals surface area contributed by atoms with E-state index in [2.05, 4.69) is 10.4 Å². The maximum atomic E-state index is 11.7. The zero-order valence-corrected chi connectivity index (χ0v) is 12.1. The summed E-state index contributed by atoms with van der Waals surface area (Å²) in [5, 5.41) is 16.3. The largest absolute Gasteiger partial charge is 0.395 e. The van der Waals surface area contributed by atoms with E-state index in [9.17, 15) is 4.79 Å². The second-order valence-electron chi connectivity index (χ2n) is 4.42. The van der Waals surface area contributed by atoms with Gasteiger partial charge in [-0.3, -0.25) is 4.79 Å². The number of amides is 1. The van der Waals surface area contributed by atoms with Crippen molar-refractivity contribution in [2.24, 2.45) is 0 Å². The number of aromatic nitrogens is 2. The van der Waals surface area contributed by atoms with Crippen LogP contribution in [0, 0.1) is 13.8 Å². The van der Waals surface area contributed by atoms with Crippen LogP contribution < -0.4 is 5.32 Å². The molecular formula is C14H16ClN3O2. The molecule has 2 aromatic rings. The summed E-state index contributed by atoms with van der Waals surface area (Å²) in [6, 6.07) is 7.05. The van der Waals surface area contributed by atoms with Crippen LogP contribution in [0.5, 0.6) is 0 Å². The van der Waals surface area contributed by atoms with Gasteiger partial charge in [-0.15, -0.1) is 0 Å². The van der Waals surface area contributed by atoms with Crippen LogP contribution in [-0.2, 0) is 0 Å². The Labute approximate surface area is 122 Å². The molecule has 0 bridgehead atoms. The van der Waals surface area contributed by atoms with Gasteiger partial charge in [0.2, 0.25) is 0 Å². The van der Waals surface area contributed by atoms with Gasteiger partial charge >= 0.3 is 0 Å². The van der Waals surface area contributed by atoms with Crippen molar-refractivity contribution >= 4 is 17.5 Å². The van der Waals surface area contributed by atoms with Crippen LogP contribution in [-0.4, -0.2) is 33.9 Å². The Morgan fingerprint density at radius 2 is 2.00 bits per heavy atom. The van der Waals surface area contributed by atoms with Gasteiger partial charge in [-0.05, 0) is 38.1 Å². The molecule has 0 fully saturated rings. The van der Waals surface area contributed by atoms with Crippen molar-refractivity contribution in [1.29, 1.82) is 0 Å². The number of benzene rings is 1. The number of hydrogen-bond donors (Lipinski definition) is 2. The van der Waals surface area contributed by atoms with Crippen LogP contribution >= 0.6 is 11.6 Å². The Bertz CT molecular complexity index is 620. The monoisotopic (exact) mass is 293 g/mol. The van der Waals surface area contributed by atoms with E-state index in [0.29, 0.717) is 10.6 Å². The quantitative estimate of drug-likeness (QED) is 0.904. The molecule has 20 heavy (non-hydrogen) atoms. The lowest BCUT2D eigenvalue weighted by Crippen LogP contribution is -2.26. The Balaban J connectivity index is 2.24. The molecule has 1 aromatic heterocycles. The summed E-state index contributed by atoms with van der Waals surface area (Å²) in [7, 11) is 0. The molecule has 0 saturated heterocycles. The van der Waals surface area contributed by atoms with Crippen LogP contribution in [0.2, 0.25) is 5.02 Å². The lowest BCUT2D eigenvalue weighted by molar-refractivity contribution is 0.0945. The average Bonchev–Trinajstić information content (AvgIpc) is 2.72. The molecule has 1 aromatic carbocycles. The first-order chi connectivity index (χ1) is 9.54. The maximum Gasteiger partial charge on any atom is 0.251 e. The highest BCUT2D eigenvalue weighted by Gasteiger charge is 2.11. The van der Waals surface area contributed by atoms with Crippen molar-refractivity contribution < 1.29 is 9.90 Å². The van der Waals surface area contributed by atoms with Gasteiger partial charge in [0.25, 0.3) is 5.91 Å². The summed E-state index contributed by atoms with van der Waals surface area (Å²) in [5.41, 5.74) is 3.02. The van der Waals surface area contributed by atoms with Crippen molar-refractivity contribution in [1.82, 2.24) is 15.1 Å². The zero-order chi connectivity index (χ0) is 14.7. The third-order valence-electron chi connectivity index (χ3n) is 2.97. The maximum absolute atomic E-state index is 11.7. The smallest absolute Gasteiger partial charge is 0.251 e. The fraction of sp³-hybridized carbons (Fsp3) is 0.286. The van der Waals surface area contributed by atoms with Crippen LogP contribution in [0.4, 0.5) is 0 Å². The third-order valence-corrected chi connectivity index (χ3v) is 3.52. The highest BCUT2D eigenvalue weighted by molar-refractivity contribution is 6.31. The van der Waals surface area contributed by atoms with E-state index in [-0.39, 0.29) is 19.1 Å². The van der Waals surface area contributed by atoms with Crippen LogP contribution in [0.1, 0.15) is 21.7 Å². The van der Waals surface area contributed by atoms with Gasteiger partial charge in [-0.1, -0.05) is 11.6 Å². The summed E-state index contributed by atoms with van der Waals surface area (Å²) in [6.07, 6.45) is 0. The van der Waals surface area contributed by atoms with Crippen molar-refractivity contribution in [3.63, 3.8) is 0 Å². The van der Waals surface area contributed by atoms with E-state index in [1.807, 2.05) is 26.0 Å². The minimum Gasteiger partial charge on any atom is -0.395 e. The van der Waals surface area contributed by atoms with Gasteiger partial charge in [-0.2, -0.15) is 5.10 Å². The summed E-state index contributed by atoms with van der Waals surface area (Å²) < 4.78 is 1.74. The molecule has 1 amide bonds. The van der Waals surface area contributed by atoms with E-state index < -0.39 is 0 Å². The van der Waals surface area contributed by atoms with Gasteiger partial charge in [0, 0.05) is 12.1 Å². The number of aliphatic hydroxyl groups excluding tert-OH is 1. The van der Waals surface area contributed by atoms with E-state index in [4.69, 9.17) is 16.7 Å². The third kappa shape index (κ3) is 2.84. The summed E-state index contributed by atoms with van der Waals surface area (Å²) in [6.45, 7) is 3.91. The Morgan fingerprint density at radius 1 is 1.35 bits per heavy atom. The molecule has 0 unspecified atom stereocenters. The Morgan fingerprint density at radius 3 is 2.50 bits per heavy atom. The van der Waals surface area contributed by atoms with Gasteiger partial charge in [-0.25, -0.2) is 4.68 Å². The summed E-state index contributed by atoms with van der Waals surface area (Å²) >= 11 is 6.12. The van der Waals surface area contributed by atoms with E-state index in [1.54, 1.807) is 16.8 Å². The van der Waals surface area contributed by atoms with Crippen LogP contribution in [0.3, 0.4) is 0 Å². The number of halogens is 1. The van der Waals surface area contributed by atoms with Crippen molar-refractivity contribution in [2.75, 3.05) is 13.2 Å². The molecule has 0 spiro atoms. The fourth-order valence-corrected chi connectivity index (χ4v) is 2.02. The molecule has 1 heterocycles. The van der Waals surface area contributed by atoms with E-state index in [0.717, 1.165) is 17.1 Å². The molecule has 0 atom stereocenters. The van der Waals surface area contributed by atoms with Gasteiger partial charge < -0.3 is 10.4 Å². The average molecular weight is 294 g/mol. The minimum atomic E-state index is -0.211. The summed E-state index contributed by atoms with van der Waals surface area (Å²) in [5.74, 6) is -0.211. The number of rotatable bonds is 4. The lowest BCUT2D eigenvalue weighted by atomic mass is 10.2. The topological polar surface area (TPSA) is 67.2 Å². The Hall–Kier alpha value is -1.85. The summed E-state index contributed by atoms with van der Waals surface area (Å²) in [4.78, 5) is 11.7. The first-order valence-corrected chi connectivity index (χ1v) is 6.63. The molecule has 106 valence electrons. The van der Waals surface area contributed by atoms with Gasteiger partial charge in [0.15, 0.2) is 0 Å². The number of nitrogens with one attached hydrogen (secondary N) is 1. The molecule has 0 saturated carbocycles. The van der Waals surface area contributed by atoms with Crippen LogP contribution in [0.15, 0.2) is 24.3 Å².